The largest absolute Gasteiger partial charge is 0.416 e. The number of nitrogens with zero attached hydrogens (tertiary/aromatic N) is 2. The Morgan fingerprint density at radius 3 is 0.923 bits per heavy atom. The Balaban J connectivity index is 1.55. The molecule has 4 aromatic rings. The van der Waals surface area contributed by atoms with Crippen molar-refractivity contribution in [3.8, 4) is 0 Å². The van der Waals surface area contributed by atoms with Crippen LogP contribution in [0.3, 0.4) is 0 Å². The van der Waals surface area contributed by atoms with Gasteiger partial charge in [-0.2, -0.15) is 52.7 Å². The fourth-order valence-corrected chi connectivity index (χ4v) is 6.08. The zero-order valence-electron chi connectivity index (χ0n) is 25.9. The van der Waals surface area contributed by atoms with Crippen LogP contribution in [0.5, 0.6) is 0 Å². The number of rotatable bonds is 6. The summed E-state index contributed by atoms with van der Waals surface area (Å²) in [7, 11) is 0. The first-order valence-electron chi connectivity index (χ1n) is 14.9. The van der Waals surface area contributed by atoms with E-state index in [0.717, 1.165) is 9.80 Å². The van der Waals surface area contributed by atoms with Gasteiger partial charge in [-0.3, -0.25) is 9.59 Å². The zero-order valence-corrected chi connectivity index (χ0v) is 25.9. The molecule has 0 aromatic heterocycles. The molecule has 16 heteroatoms. The van der Waals surface area contributed by atoms with Gasteiger partial charge in [0.05, 0.1) is 57.9 Å². The zero-order chi connectivity index (χ0) is 38.0. The van der Waals surface area contributed by atoms with Gasteiger partial charge in [0.15, 0.2) is 0 Å². The van der Waals surface area contributed by atoms with E-state index in [2.05, 4.69) is 0 Å². The molecule has 0 atom stereocenters. The average molecular weight is 741 g/mol. The molecule has 4 nitrogen and oxygen atoms in total. The fourth-order valence-electron chi connectivity index (χ4n) is 6.08. The van der Waals surface area contributed by atoms with E-state index in [1.807, 2.05) is 0 Å². The van der Waals surface area contributed by atoms with Gasteiger partial charge in [0.25, 0.3) is 11.8 Å². The summed E-state index contributed by atoms with van der Waals surface area (Å²) in [5.74, 6) is -2.12. The Morgan fingerprint density at radius 1 is 0.404 bits per heavy atom. The van der Waals surface area contributed by atoms with Crippen LogP contribution in [0.4, 0.5) is 52.7 Å². The number of carbonyl (C=O) groups excluding carboxylic acids is 2. The molecule has 2 aliphatic rings. The molecule has 270 valence electrons. The lowest BCUT2D eigenvalue weighted by Gasteiger charge is -2.26. The van der Waals surface area contributed by atoms with Crippen molar-refractivity contribution >= 4 is 23.2 Å². The highest BCUT2D eigenvalue weighted by molar-refractivity contribution is 6.30. The third-order valence-electron chi connectivity index (χ3n) is 8.25. The van der Waals surface area contributed by atoms with Gasteiger partial charge in [0.2, 0.25) is 0 Å². The number of fused-ring (bicyclic) bond motifs is 1. The van der Waals surface area contributed by atoms with Crippen LogP contribution in [0.2, 0.25) is 0 Å². The minimum absolute atomic E-state index is 0.0873. The second-order valence-corrected chi connectivity index (χ2v) is 11.8. The van der Waals surface area contributed by atoms with Crippen LogP contribution < -0.4 is 0 Å². The van der Waals surface area contributed by atoms with E-state index in [1.165, 1.54) is 48.5 Å². The molecule has 0 aliphatic carbocycles. The van der Waals surface area contributed by atoms with Gasteiger partial charge >= 0.3 is 24.7 Å². The van der Waals surface area contributed by atoms with Crippen molar-refractivity contribution in [1.29, 1.82) is 0 Å². The first-order chi connectivity index (χ1) is 24.1. The van der Waals surface area contributed by atoms with Crippen molar-refractivity contribution < 1.29 is 62.3 Å². The molecular weight excluding hydrogens is 720 g/mol. The van der Waals surface area contributed by atoms with Crippen LogP contribution in [0.1, 0.15) is 44.5 Å². The Morgan fingerprint density at radius 2 is 0.673 bits per heavy atom. The van der Waals surface area contributed by atoms with E-state index in [1.54, 1.807) is 12.1 Å². The van der Waals surface area contributed by atoms with Gasteiger partial charge in [0, 0.05) is 0 Å². The van der Waals surface area contributed by atoms with Gasteiger partial charge in [-0.25, -0.2) is 0 Å². The maximum Gasteiger partial charge on any atom is 0.416 e. The van der Waals surface area contributed by atoms with Crippen LogP contribution >= 0.6 is 0 Å². The number of hydrogen-bond donors (Lipinski definition) is 0. The minimum Gasteiger partial charge on any atom is -0.302 e. The lowest BCUT2D eigenvalue weighted by molar-refractivity contribution is -0.144. The first kappa shape index (κ1) is 36.3. The monoisotopic (exact) mass is 740 g/mol. The second-order valence-electron chi connectivity index (χ2n) is 11.8. The van der Waals surface area contributed by atoms with E-state index < -0.39 is 94.1 Å². The number of alkyl halides is 12. The van der Waals surface area contributed by atoms with E-state index >= 15 is 0 Å². The Hall–Kier alpha value is -5.54. The molecular formula is C36H20F12N2O2. The van der Waals surface area contributed by atoms with E-state index in [0.29, 0.717) is 24.3 Å². The summed E-state index contributed by atoms with van der Waals surface area (Å²) in [6.07, 6.45) is -20.8. The molecule has 0 radical (unpaired) electrons. The highest BCUT2D eigenvalue weighted by Gasteiger charge is 2.49. The van der Waals surface area contributed by atoms with E-state index in [-0.39, 0.29) is 34.7 Å². The molecule has 2 heterocycles. The summed E-state index contributed by atoms with van der Waals surface area (Å²) in [6.45, 7) is -1.78. The van der Waals surface area contributed by atoms with Gasteiger partial charge < -0.3 is 9.80 Å². The van der Waals surface area contributed by atoms with Crippen LogP contribution in [-0.2, 0) is 47.4 Å². The molecule has 0 bridgehead atoms. The lowest BCUT2D eigenvalue weighted by Crippen LogP contribution is -2.30. The standard InChI is InChI=1S/C36H20F12N2O2/c37-33(38,39)23-11-19(12-24(15-23)34(40,41)42)17-49-29(21-7-3-1-4-8-21)27-28(32(49)52)30(22-9-5-2-6-10-22)50(31(27)51)18-20-13-25(35(43,44)45)16-26(14-20)36(46,47)48/h1-16H,17-18H2. The SMILES string of the molecule is O=C1C2=C(c3ccccc3)N(Cc3cc(C(F)(F)F)cc(C(F)(F)F)c3)C(=O)C2=C(c2ccccc2)N1Cc1cc(C(F)(F)F)cc(C(F)(F)F)c1. The van der Waals surface area contributed by atoms with Crippen molar-refractivity contribution in [3.63, 3.8) is 0 Å². The lowest BCUT2D eigenvalue weighted by atomic mass is 10.0. The Bertz CT molecular complexity index is 1910. The third kappa shape index (κ3) is 6.88. The molecule has 0 N–H and O–H groups in total. The summed E-state index contributed by atoms with van der Waals surface area (Å²) in [6, 6.07) is 16.1. The topological polar surface area (TPSA) is 40.6 Å². The maximum absolute atomic E-state index is 14.3. The summed E-state index contributed by atoms with van der Waals surface area (Å²) in [5, 5.41) is 0. The number of amides is 2. The van der Waals surface area contributed by atoms with Crippen molar-refractivity contribution in [1.82, 2.24) is 9.80 Å². The van der Waals surface area contributed by atoms with Crippen LogP contribution in [0.15, 0.2) is 108 Å². The van der Waals surface area contributed by atoms with Gasteiger partial charge in [-0.15, -0.1) is 0 Å². The summed E-state index contributed by atoms with van der Waals surface area (Å²) >= 11 is 0. The van der Waals surface area contributed by atoms with Crippen molar-refractivity contribution in [3.05, 3.63) is 153 Å². The minimum atomic E-state index is -5.21. The van der Waals surface area contributed by atoms with Crippen LogP contribution in [0, 0.1) is 0 Å². The molecule has 6 rings (SSSR count). The molecule has 0 unspecified atom stereocenters. The molecule has 4 aromatic carbocycles. The summed E-state index contributed by atoms with van der Waals surface area (Å²) < 4.78 is 165. The van der Waals surface area contributed by atoms with E-state index in [4.69, 9.17) is 0 Å². The van der Waals surface area contributed by atoms with Crippen molar-refractivity contribution in [2.45, 2.75) is 37.8 Å². The number of halogens is 12. The average Bonchev–Trinajstić information content (AvgIpc) is 3.49. The van der Waals surface area contributed by atoms with Gasteiger partial charge in [-0.1, -0.05) is 60.7 Å². The third-order valence-corrected chi connectivity index (χ3v) is 8.25. The first-order valence-corrected chi connectivity index (χ1v) is 14.9. The quantitative estimate of drug-likeness (QED) is 0.185. The maximum atomic E-state index is 14.3. The Labute approximate surface area is 285 Å². The number of hydrogen-bond acceptors (Lipinski definition) is 2. The predicted octanol–water partition coefficient (Wildman–Crippen LogP) is 9.97. The summed E-state index contributed by atoms with van der Waals surface area (Å²) in [4.78, 5) is 30.3. The van der Waals surface area contributed by atoms with Gasteiger partial charge in [0.1, 0.15) is 0 Å². The summed E-state index contributed by atoms with van der Waals surface area (Å²) in [5.41, 5.74) is -8.85. The highest BCUT2D eigenvalue weighted by atomic mass is 19.4. The number of carbonyl (C=O) groups is 2. The highest BCUT2D eigenvalue weighted by Crippen LogP contribution is 2.48. The van der Waals surface area contributed by atoms with Crippen molar-refractivity contribution in [2.24, 2.45) is 0 Å². The Kier molecular flexibility index (Phi) is 8.78. The normalized spacial score (nSPS) is 15.7. The van der Waals surface area contributed by atoms with Crippen LogP contribution in [0.25, 0.3) is 11.4 Å². The molecule has 0 spiro atoms. The molecule has 0 fully saturated rings. The van der Waals surface area contributed by atoms with Gasteiger partial charge in [-0.05, 0) is 58.7 Å². The van der Waals surface area contributed by atoms with E-state index in [9.17, 15) is 62.3 Å². The smallest absolute Gasteiger partial charge is 0.302 e. The van der Waals surface area contributed by atoms with Crippen LogP contribution in [-0.4, -0.2) is 21.6 Å². The molecule has 2 aliphatic heterocycles. The fraction of sp³-hybridized carbons (Fsp3) is 0.167. The van der Waals surface area contributed by atoms with Crippen molar-refractivity contribution in [2.75, 3.05) is 0 Å². The molecule has 0 saturated heterocycles. The molecule has 0 saturated carbocycles. The second kappa shape index (κ2) is 12.6. The molecule has 2 amide bonds. The predicted molar refractivity (Wildman–Crippen MR) is 161 cm³/mol. The number of benzene rings is 4. The molecule has 52 heavy (non-hydrogen) atoms.